The fourth-order valence-corrected chi connectivity index (χ4v) is 7.23. The highest BCUT2D eigenvalue weighted by molar-refractivity contribution is 6.09. The summed E-state index contributed by atoms with van der Waals surface area (Å²) in [4.78, 5) is 0. The molecule has 7 aromatic carbocycles. The minimum absolute atomic E-state index is 0.927. The lowest BCUT2D eigenvalue weighted by molar-refractivity contribution is 1.12. The van der Waals surface area contributed by atoms with E-state index in [-0.39, 0.29) is 0 Å². The summed E-state index contributed by atoms with van der Waals surface area (Å²) in [5.41, 5.74) is 16.8. The minimum Gasteiger partial charge on any atom is -0.309 e. The van der Waals surface area contributed by atoms with Gasteiger partial charge in [-0.05, 0) is 79.9 Å². The van der Waals surface area contributed by atoms with Crippen LogP contribution >= 0.6 is 0 Å². The molecule has 0 aliphatic heterocycles. The number of benzene rings is 7. The van der Waals surface area contributed by atoms with E-state index in [9.17, 15) is 0 Å². The normalized spacial score (nSPS) is 12.0. The molecule has 1 aliphatic rings. The zero-order valence-electron chi connectivity index (χ0n) is 24.2. The number of aromatic nitrogens is 1. The maximum Gasteiger partial charge on any atom is 0.0541 e. The zero-order valence-corrected chi connectivity index (χ0v) is 24.2. The Bertz CT molecular complexity index is 2290. The molecule has 0 unspecified atom stereocenters. The molecule has 0 amide bonds. The van der Waals surface area contributed by atoms with Gasteiger partial charge < -0.3 is 4.57 Å². The molecule has 0 fully saturated rings. The number of rotatable bonds is 4. The van der Waals surface area contributed by atoms with Crippen molar-refractivity contribution in [2.45, 2.75) is 6.42 Å². The molecule has 0 saturated heterocycles. The zero-order chi connectivity index (χ0) is 29.0. The largest absolute Gasteiger partial charge is 0.309 e. The van der Waals surface area contributed by atoms with E-state index in [1.807, 2.05) is 0 Å². The lowest BCUT2D eigenvalue weighted by atomic mass is 9.92. The predicted molar refractivity (Wildman–Crippen MR) is 185 cm³/mol. The minimum atomic E-state index is 0.927. The first kappa shape index (κ1) is 24.9. The summed E-state index contributed by atoms with van der Waals surface area (Å²) in [5.74, 6) is 0. The Morgan fingerprint density at radius 1 is 0.386 bits per heavy atom. The highest BCUT2D eigenvalue weighted by atomic mass is 15.0. The molecular formula is C43H29N. The fraction of sp³-hybridized carbons (Fsp3) is 0.0233. The van der Waals surface area contributed by atoms with Crippen LogP contribution in [0.5, 0.6) is 0 Å². The first-order valence-electron chi connectivity index (χ1n) is 15.3. The average molecular weight is 560 g/mol. The van der Waals surface area contributed by atoms with E-state index in [4.69, 9.17) is 0 Å². The molecule has 0 N–H and O–H groups in total. The Balaban J connectivity index is 1.16. The molecule has 1 nitrogen and oxygen atoms in total. The second-order valence-corrected chi connectivity index (χ2v) is 11.7. The van der Waals surface area contributed by atoms with Crippen molar-refractivity contribution in [2.24, 2.45) is 0 Å². The summed E-state index contributed by atoms with van der Waals surface area (Å²) in [6.45, 7) is 0. The second-order valence-electron chi connectivity index (χ2n) is 11.7. The summed E-state index contributed by atoms with van der Waals surface area (Å²) in [6, 6.07) is 59.8. The van der Waals surface area contributed by atoms with Gasteiger partial charge in [-0.1, -0.05) is 140 Å². The lowest BCUT2D eigenvalue weighted by Gasteiger charge is -2.14. The standard InChI is InChI=1S/C43H29N/c1-2-11-29(12-3-1)30-23-25-31(26-24-30)32-13-8-14-33(27-32)35-18-9-15-34-28-39-38(43(34)35)19-10-22-42(39)44-40-20-6-4-16-36(40)37-17-5-7-21-41(37)44/h1-27H,28H2. The molecular weight excluding hydrogens is 530 g/mol. The van der Waals surface area contributed by atoms with Gasteiger partial charge in [0.25, 0.3) is 0 Å². The summed E-state index contributed by atoms with van der Waals surface area (Å²) in [7, 11) is 0. The van der Waals surface area contributed by atoms with Crippen molar-refractivity contribution in [1.29, 1.82) is 0 Å². The van der Waals surface area contributed by atoms with Crippen LogP contribution in [0, 0.1) is 0 Å². The molecule has 1 aliphatic carbocycles. The third-order valence-electron chi connectivity index (χ3n) is 9.26. The van der Waals surface area contributed by atoms with E-state index in [2.05, 4.69) is 168 Å². The quantitative estimate of drug-likeness (QED) is 0.202. The highest BCUT2D eigenvalue weighted by Crippen LogP contribution is 2.46. The third kappa shape index (κ3) is 3.87. The molecule has 9 rings (SSSR count). The molecule has 1 heterocycles. The number of para-hydroxylation sites is 2. The van der Waals surface area contributed by atoms with Crippen LogP contribution in [0.25, 0.3) is 72.0 Å². The molecule has 44 heavy (non-hydrogen) atoms. The van der Waals surface area contributed by atoms with Crippen molar-refractivity contribution in [3.63, 3.8) is 0 Å². The summed E-state index contributed by atoms with van der Waals surface area (Å²) >= 11 is 0. The number of nitrogens with zero attached hydrogens (tertiary/aromatic N) is 1. The van der Waals surface area contributed by atoms with Crippen LogP contribution in [0.4, 0.5) is 0 Å². The van der Waals surface area contributed by atoms with Crippen LogP contribution in [-0.4, -0.2) is 4.57 Å². The van der Waals surface area contributed by atoms with Crippen LogP contribution in [-0.2, 0) is 6.42 Å². The Morgan fingerprint density at radius 2 is 0.932 bits per heavy atom. The smallest absolute Gasteiger partial charge is 0.0541 e. The van der Waals surface area contributed by atoms with Gasteiger partial charge in [0.1, 0.15) is 0 Å². The molecule has 8 aromatic rings. The first-order valence-corrected chi connectivity index (χ1v) is 15.3. The summed E-state index contributed by atoms with van der Waals surface area (Å²) in [5, 5.41) is 2.59. The molecule has 0 bridgehead atoms. The van der Waals surface area contributed by atoms with Crippen LogP contribution in [0.1, 0.15) is 11.1 Å². The van der Waals surface area contributed by atoms with Crippen molar-refractivity contribution in [3.8, 4) is 50.2 Å². The molecule has 1 aromatic heterocycles. The third-order valence-corrected chi connectivity index (χ3v) is 9.26. The fourth-order valence-electron chi connectivity index (χ4n) is 7.23. The van der Waals surface area contributed by atoms with Crippen molar-refractivity contribution >= 4 is 21.8 Å². The molecule has 0 spiro atoms. The maximum absolute atomic E-state index is 2.47. The first-order chi connectivity index (χ1) is 21.8. The average Bonchev–Trinajstić information content (AvgIpc) is 3.65. The van der Waals surface area contributed by atoms with Crippen LogP contribution in [0.3, 0.4) is 0 Å². The van der Waals surface area contributed by atoms with Crippen molar-refractivity contribution in [1.82, 2.24) is 4.57 Å². The number of fused-ring (bicyclic) bond motifs is 6. The molecule has 0 radical (unpaired) electrons. The molecule has 206 valence electrons. The van der Waals surface area contributed by atoms with Gasteiger partial charge in [-0.3, -0.25) is 0 Å². The van der Waals surface area contributed by atoms with E-state index >= 15 is 0 Å². The molecule has 0 saturated carbocycles. The Labute approximate surface area is 257 Å². The second kappa shape index (κ2) is 9.97. The SMILES string of the molecule is c1ccc(-c2ccc(-c3cccc(-c4cccc5c4-c4cccc(-n6c7ccccc7c7ccccc76)c4C5)c3)cc2)cc1. The number of hydrogen-bond donors (Lipinski definition) is 0. The van der Waals surface area contributed by atoms with Gasteiger partial charge in [0.2, 0.25) is 0 Å². The molecule has 0 atom stereocenters. The molecule has 1 heteroatoms. The van der Waals surface area contributed by atoms with Gasteiger partial charge in [0, 0.05) is 17.2 Å². The Kier molecular flexibility index (Phi) is 5.64. The van der Waals surface area contributed by atoms with Crippen molar-refractivity contribution in [2.75, 3.05) is 0 Å². The lowest BCUT2D eigenvalue weighted by Crippen LogP contribution is -1.98. The maximum atomic E-state index is 2.47. The van der Waals surface area contributed by atoms with E-state index < -0.39 is 0 Å². The van der Waals surface area contributed by atoms with Crippen molar-refractivity contribution < 1.29 is 0 Å². The van der Waals surface area contributed by atoms with Crippen LogP contribution in [0.15, 0.2) is 164 Å². The van der Waals surface area contributed by atoms with Crippen molar-refractivity contribution in [3.05, 3.63) is 175 Å². The Hall–Kier alpha value is -5.66. The van der Waals surface area contributed by atoms with E-state index in [1.165, 1.54) is 83.1 Å². The summed E-state index contributed by atoms with van der Waals surface area (Å²) in [6.07, 6.45) is 0.927. The monoisotopic (exact) mass is 559 g/mol. The van der Waals surface area contributed by atoms with E-state index in [0.717, 1.165) is 6.42 Å². The van der Waals surface area contributed by atoms with Gasteiger partial charge in [-0.15, -0.1) is 0 Å². The van der Waals surface area contributed by atoms with Gasteiger partial charge in [0.15, 0.2) is 0 Å². The predicted octanol–water partition coefficient (Wildman–Crippen LogP) is 11.4. The van der Waals surface area contributed by atoms with Gasteiger partial charge in [-0.25, -0.2) is 0 Å². The number of hydrogen-bond acceptors (Lipinski definition) is 0. The van der Waals surface area contributed by atoms with Gasteiger partial charge >= 0.3 is 0 Å². The van der Waals surface area contributed by atoms with Crippen LogP contribution in [0.2, 0.25) is 0 Å². The highest BCUT2D eigenvalue weighted by Gasteiger charge is 2.26. The topological polar surface area (TPSA) is 4.93 Å². The van der Waals surface area contributed by atoms with Gasteiger partial charge in [0.05, 0.1) is 16.7 Å². The van der Waals surface area contributed by atoms with Gasteiger partial charge in [-0.2, -0.15) is 0 Å². The van der Waals surface area contributed by atoms with E-state index in [0.29, 0.717) is 0 Å². The van der Waals surface area contributed by atoms with Crippen LogP contribution < -0.4 is 0 Å². The van der Waals surface area contributed by atoms with E-state index in [1.54, 1.807) is 0 Å². The summed E-state index contributed by atoms with van der Waals surface area (Å²) < 4.78 is 2.47. The Morgan fingerprint density at radius 3 is 1.68 bits per heavy atom.